The number of hydrogen-bond acceptors (Lipinski definition) is 2. The van der Waals surface area contributed by atoms with Crippen LogP contribution in [0, 0.1) is 5.92 Å². The second-order valence-corrected chi connectivity index (χ2v) is 3.73. The smallest absolute Gasteiger partial charge is 0.317 e. The Bertz CT molecular complexity index is 254. The van der Waals surface area contributed by atoms with Crippen molar-refractivity contribution >= 4 is 12.0 Å². The Morgan fingerprint density at radius 1 is 1.56 bits per heavy atom. The minimum Gasteiger partial charge on any atom is -0.481 e. The van der Waals surface area contributed by atoms with Crippen LogP contribution in [0.25, 0.3) is 0 Å². The Labute approximate surface area is 96.1 Å². The molecule has 92 valence electrons. The first-order valence-electron chi connectivity index (χ1n) is 5.32. The van der Waals surface area contributed by atoms with Crippen LogP contribution >= 0.6 is 0 Å². The molecular formula is C11H20N2O3. The van der Waals surface area contributed by atoms with Crippen molar-refractivity contribution in [1.29, 1.82) is 0 Å². The number of carbonyl (C=O) groups excluding carboxylic acids is 1. The minimum absolute atomic E-state index is 0.0152. The molecule has 0 aromatic rings. The summed E-state index contributed by atoms with van der Waals surface area (Å²) in [6.07, 6.45) is 2.45. The molecular weight excluding hydrogens is 208 g/mol. The number of carbonyl (C=O) groups is 2. The number of amides is 2. The number of carboxylic acid groups (broad SMARTS) is 1. The molecule has 16 heavy (non-hydrogen) atoms. The Morgan fingerprint density at radius 3 is 2.62 bits per heavy atom. The minimum atomic E-state index is -0.833. The Hall–Kier alpha value is -1.52. The van der Waals surface area contributed by atoms with Gasteiger partial charge in [0.2, 0.25) is 0 Å². The molecule has 0 aliphatic heterocycles. The fourth-order valence-corrected chi connectivity index (χ4v) is 1.25. The third-order valence-corrected chi connectivity index (χ3v) is 2.33. The van der Waals surface area contributed by atoms with Crippen LogP contribution in [0.2, 0.25) is 0 Å². The molecule has 1 atom stereocenters. The lowest BCUT2D eigenvalue weighted by molar-refractivity contribution is -0.138. The van der Waals surface area contributed by atoms with Gasteiger partial charge in [-0.05, 0) is 5.92 Å². The highest BCUT2D eigenvalue weighted by Gasteiger charge is 2.13. The van der Waals surface area contributed by atoms with E-state index in [1.165, 1.54) is 4.90 Å². The number of rotatable bonds is 7. The highest BCUT2D eigenvalue weighted by Crippen LogP contribution is 2.06. The van der Waals surface area contributed by atoms with Crippen LogP contribution in [0.5, 0.6) is 0 Å². The standard InChI is InChI=1S/C11H20N2O3/c1-4-6-13(3)11(16)12-8-9(5-2)7-10(14)15/h4,9H,1,5-8H2,2-3H3,(H,12,16)(H,14,15). The molecule has 0 aromatic carbocycles. The number of likely N-dealkylation sites (N-methyl/N-ethyl adjacent to an activating group) is 1. The van der Waals surface area contributed by atoms with E-state index < -0.39 is 5.97 Å². The second kappa shape index (κ2) is 7.73. The average Bonchev–Trinajstić information content (AvgIpc) is 2.23. The SMILES string of the molecule is C=CCN(C)C(=O)NCC(CC)CC(=O)O. The van der Waals surface area contributed by atoms with E-state index >= 15 is 0 Å². The first-order valence-corrected chi connectivity index (χ1v) is 5.32. The van der Waals surface area contributed by atoms with Crippen molar-refractivity contribution in [2.45, 2.75) is 19.8 Å². The number of urea groups is 1. The molecule has 0 fully saturated rings. The molecule has 0 rings (SSSR count). The van der Waals surface area contributed by atoms with E-state index in [0.717, 1.165) is 6.42 Å². The van der Waals surface area contributed by atoms with E-state index in [2.05, 4.69) is 11.9 Å². The predicted octanol–water partition coefficient (Wildman–Crippen LogP) is 1.31. The third kappa shape index (κ3) is 6.06. The van der Waals surface area contributed by atoms with E-state index in [1.54, 1.807) is 13.1 Å². The van der Waals surface area contributed by atoms with Crippen molar-refractivity contribution in [1.82, 2.24) is 10.2 Å². The highest BCUT2D eigenvalue weighted by molar-refractivity contribution is 5.74. The van der Waals surface area contributed by atoms with Crippen molar-refractivity contribution in [2.24, 2.45) is 5.92 Å². The van der Waals surface area contributed by atoms with Crippen LogP contribution in [0.4, 0.5) is 4.79 Å². The van der Waals surface area contributed by atoms with Crippen LogP contribution in [0.1, 0.15) is 19.8 Å². The first kappa shape index (κ1) is 14.5. The van der Waals surface area contributed by atoms with E-state index in [4.69, 9.17) is 5.11 Å². The normalized spacial score (nSPS) is 11.6. The summed E-state index contributed by atoms with van der Waals surface area (Å²) in [7, 11) is 1.66. The van der Waals surface area contributed by atoms with Gasteiger partial charge in [-0.15, -0.1) is 6.58 Å². The molecule has 2 N–H and O–H groups in total. The summed E-state index contributed by atoms with van der Waals surface area (Å²) in [4.78, 5) is 23.5. The quantitative estimate of drug-likeness (QED) is 0.645. The summed E-state index contributed by atoms with van der Waals surface area (Å²) in [5.74, 6) is -0.848. The van der Waals surface area contributed by atoms with Gasteiger partial charge >= 0.3 is 12.0 Å². The van der Waals surface area contributed by atoms with Gasteiger partial charge in [-0.3, -0.25) is 4.79 Å². The van der Waals surface area contributed by atoms with E-state index in [-0.39, 0.29) is 18.4 Å². The fourth-order valence-electron chi connectivity index (χ4n) is 1.25. The maximum Gasteiger partial charge on any atom is 0.317 e. The number of hydrogen-bond donors (Lipinski definition) is 2. The van der Waals surface area contributed by atoms with Gasteiger partial charge in [0, 0.05) is 26.6 Å². The number of aliphatic carboxylic acids is 1. The molecule has 0 aromatic heterocycles. The highest BCUT2D eigenvalue weighted by atomic mass is 16.4. The average molecular weight is 228 g/mol. The summed E-state index contributed by atoms with van der Waals surface area (Å²) < 4.78 is 0. The van der Waals surface area contributed by atoms with Crippen molar-refractivity contribution in [3.05, 3.63) is 12.7 Å². The molecule has 0 bridgehead atoms. The van der Waals surface area contributed by atoms with Crippen LogP contribution in [-0.2, 0) is 4.79 Å². The zero-order valence-corrected chi connectivity index (χ0v) is 9.90. The molecule has 0 aliphatic carbocycles. The van der Waals surface area contributed by atoms with Gasteiger partial charge in [-0.2, -0.15) is 0 Å². The Kier molecular flexibility index (Phi) is 7.00. The van der Waals surface area contributed by atoms with E-state index in [9.17, 15) is 9.59 Å². The van der Waals surface area contributed by atoms with Crippen LogP contribution in [-0.4, -0.2) is 42.1 Å². The lowest BCUT2D eigenvalue weighted by Gasteiger charge is -2.18. The summed E-state index contributed by atoms with van der Waals surface area (Å²) >= 11 is 0. The van der Waals surface area contributed by atoms with Gasteiger partial charge in [-0.1, -0.05) is 19.4 Å². The van der Waals surface area contributed by atoms with Crippen LogP contribution in [0.3, 0.4) is 0 Å². The summed E-state index contributed by atoms with van der Waals surface area (Å²) in [6.45, 7) is 6.31. The van der Waals surface area contributed by atoms with E-state index in [1.807, 2.05) is 6.92 Å². The van der Waals surface area contributed by atoms with Gasteiger partial charge in [0.15, 0.2) is 0 Å². The Balaban J connectivity index is 3.96. The summed E-state index contributed by atoms with van der Waals surface area (Å²) in [5, 5.41) is 11.3. The number of nitrogens with one attached hydrogen (secondary N) is 1. The molecule has 0 radical (unpaired) electrons. The Morgan fingerprint density at radius 2 is 2.19 bits per heavy atom. The van der Waals surface area contributed by atoms with Gasteiger partial charge in [0.1, 0.15) is 0 Å². The monoisotopic (exact) mass is 228 g/mol. The first-order chi connectivity index (χ1) is 7.51. The zero-order chi connectivity index (χ0) is 12.6. The summed E-state index contributed by atoms with van der Waals surface area (Å²) in [6, 6.07) is -0.205. The lowest BCUT2D eigenvalue weighted by atomic mass is 10.0. The molecule has 0 saturated heterocycles. The van der Waals surface area contributed by atoms with Gasteiger partial charge in [-0.25, -0.2) is 4.79 Å². The number of nitrogens with zero attached hydrogens (tertiary/aromatic N) is 1. The maximum atomic E-state index is 11.5. The lowest BCUT2D eigenvalue weighted by Crippen LogP contribution is -2.39. The van der Waals surface area contributed by atoms with Gasteiger partial charge in [0.25, 0.3) is 0 Å². The second-order valence-electron chi connectivity index (χ2n) is 3.73. The zero-order valence-electron chi connectivity index (χ0n) is 9.90. The molecule has 5 nitrogen and oxygen atoms in total. The molecule has 0 heterocycles. The van der Waals surface area contributed by atoms with Crippen LogP contribution < -0.4 is 5.32 Å². The van der Waals surface area contributed by atoms with Gasteiger partial charge < -0.3 is 15.3 Å². The maximum absolute atomic E-state index is 11.5. The summed E-state index contributed by atoms with van der Waals surface area (Å²) in [5.41, 5.74) is 0. The van der Waals surface area contributed by atoms with Gasteiger partial charge in [0.05, 0.1) is 0 Å². The third-order valence-electron chi connectivity index (χ3n) is 2.33. The number of carboxylic acids is 1. The molecule has 2 amide bonds. The fraction of sp³-hybridized carbons (Fsp3) is 0.636. The molecule has 5 heteroatoms. The molecule has 1 unspecified atom stereocenters. The predicted molar refractivity (Wildman–Crippen MR) is 62.3 cm³/mol. The molecule has 0 saturated carbocycles. The van der Waals surface area contributed by atoms with Crippen molar-refractivity contribution in [2.75, 3.05) is 20.1 Å². The topological polar surface area (TPSA) is 69.6 Å². The van der Waals surface area contributed by atoms with Crippen LogP contribution in [0.15, 0.2) is 12.7 Å². The molecule has 0 spiro atoms. The van der Waals surface area contributed by atoms with E-state index in [0.29, 0.717) is 13.1 Å². The van der Waals surface area contributed by atoms with Crippen molar-refractivity contribution in [3.8, 4) is 0 Å². The molecule has 0 aliphatic rings. The largest absolute Gasteiger partial charge is 0.481 e. The van der Waals surface area contributed by atoms with Crippen molar-refractivity contribution in [3.63, 3.8) is 0 Å². The van der Waals surface area contributed by atoms with Crippen molar-refractivity contribution < 1.29 is 14.7 Å².